The Morgan fingerprint density at radius 2 is 2.21 bits per heavy atom. The van der Waals surface area contributed by atoms with Gasteiger partial charge in [-0.05, 0) is 37.7 Å². The summed E-state index contributed by atoms with van der Waals surface area (Å²) in [6.07, 6.45) is 0. The standard InChI is InChI=1S/C14H20ClN3O/c1-10-7-11(3-4-13(10)15)14(19)18-6-5-17(2)9-12(18)8-16/h3-4,7,12H,5-6,8-9,16H2,1-2H3. The first-order valence-corrected chi connectivity index (χ1v) is 6.86. The smallest absolute Gasteiger partial charge is 0.254 e. The number of hydrogen-bond donors (Lipinski definition) is 1. The maximum Gasteiger partial charge on any atom is 0.254 e. The Bertz CT molecular complexity index is 478. The highest BCUT2D eigenvalue weighted by Gasteiger charge is 2.28. The monoisotopic (exact) mass is 281 g/mol. The molecule has 1 aliphatic rings. The number of nitrogens with two attached hydrogens (primary N) is 1. The van der Waals surface area contributed by atoms with E-state index < -0.39 is 0 Å². The largest absolute Gasteiger partial charge is 0.332 e. The summed E-state index contributed by atoms with van der Waals surface area (Å²) < 4.78 is 0. The molecule has 1 atom stereocenters. The molecule has 0 radical (unpaired) electrons. The van der Waals surface area contributed by atoms with E-state index in [1.165, 1.54) is 0 Å². The van der Waals surface area contributed by atoms with Gasteiger partial charge in [0.2, 0.25) is 0 Å². The van der Waals surface area contributed by atoms with E-state index in [4.69, 9.17) is 17.3 Å². The fourth-order valence-electron chi connectivity index (χ4n) is 2.42. The third kappa shape index (κ3) is 3.08. The lowest BCUT2D eigenvalue weighted by atomic mass is 10.1. The summed E-state index contributed by atoms with van der Waals surface area (Å²) in [6, 6.07) is 5.49. The lowest BCUT2D eigenvalue weighted by molar-refractivity contribution is 0.0516. The van der Waals surface area contributed by atoms with E-state index in [2.05, 4.69) is 11.9 Å². The van der Waals surface area contributed by atoms with E-state index in [9.17, 15) is 4.79 Å². The van der Waals surface area contributed by atoms with Crippen molar-refractivity contribution in [3.8, 4) is 0 Å². The second kappa shape index (κ2) is 5.90. The summed E-state index contributed by atoms with van der Waals surface area (Å²) in [7, 11) is 2.05. The van der Waals surface area contributed by atoms with Gasteiger partial charge in [-0.15, -0.1) is 0 Å². The quantitative estimate of drug-likeness (QED) is 0.891. The maximum absolute atomic E-state index is 12.5. The van der Waals surface area contributed by atoms with Gasteiger partial charge < -0.3 is 15.5 Å². The molecule has 1 saturated heterocycles. The zero-order valence-electron chi connectivity index (χ0n) is 11.4. The second-order valence-corrected chi connectivity index (χ2v) is 5.52. The highest BCUT2D eigenvalue weighted by molar-refractivity contribution is 6.31. The third-order valence-electron chi connectivity index (χ3n) is 3.62. The zero-order valence-corrected chi connectivity index (χ0v) is 12.2. The van der Waals surface area contributed by atoms with Crippen molar-refractivity contribution < 1.29 is 4.79 Å². The van der Waals surface area contributed by atoms with Gasteiger partial charge in [-0.3, -0.25) is 4.79 Å². The summed E-state index contributed by atoms with van der Waals surface area (Å²) in [5.41, 5.74) is 7.39. The summed E-state index contributed by atoms with van der Waals surface area (Å²) in [5, 5.41) is 0.685. The molecule has 0 spiro atoms. The highest BCUT2D eigenvalue weighted by atomic mass is 35.5. The van der Waals surface area contributed by atoms with E-state index in [1.54, 1.807) is 12.1 Å². The van der Waals surface area contributed by atoms with Crippen molar-refractivity contribution in [3.63, 3.8) is 0 Å². The fourth-order valence-corrected chi connectivity index (χ4v) is 2.54. The van der Waals surface area contributed by atoms with Gasteiger partial charge in [0.1, 0.15) is 0 Å². The van der Waals surface area contributed by atoms with E-state index in [-0.39, 0.29) is 11.9 Å². The number of hydrogen-bond acceptors (Lipinski definition) is 3. The fraction of sp³-hybridized carbons (Fsp3) is 0.500. The molecular formula is C14H20ClN3O. The van der Waals surface area contributed by atoms with Crippen LogP contribution in [0, 0.1) is 6.92 Å². The molecular weight excluding hydrogens is 262 g/mol. The summed E-state index contributed by atoms with van der Waals surface area (Å²) in [6.45, 7) is 4.83. The Labute approximate surface area is 119 Å². The van der Waals surface area contributed by atoms with Gasteiger partial charge in [-0.25, -0.2) is 0 Å². The minimum absolute atomic E-state index is 0.0447. The third-order valence-corrected chi connectivity index (χ3v) is 4.05. The molecule has 1 aromatic carbocycles. The van der Waals surface area contributed by atoms with Gasteiger partial charge >= 0.3 is 0 Å². The van der Waals surface area contributed by atoms with E-state index in [1.807, 2.05) is 17.9 Å². The Morgan fingerprint density at radius 3 is 2.84 bits per heavy atom. The van der Waals surface area contributed by atoms with Crippen LogP contribution in [-0.4, -0.2) is 55.0 Å². The van der Waals surface area contributed by atoms with Crippen LogP contribution >= 0.6 is 11.6 Å². The van der Waals surface area contributed by atoms with Crippen LogP contribution < -0.4 is 5.73 Å². The van der Waals surface area contributed by atoms with Crippen LogP contribution in [-0.2, 0) is 0 Å². The predicted molar refractivity (Wildman–Crippen MR) is 77.6 cm³/mol. The first kappa shape index (κ1) is 14.3. The molecule has 1 heterocycles. The van der Waals surface area contributed by atoms with Crippen molar-refractivity contribution in [2.24, 2.45) is 5.73 Å². The minimum atomic E-state index is 0.0447. The van der Waals surface area contributed by atoms with Crippen molar-refractivity contribution in [2.45, 2.75) is 13.0 Å². The molecule has 0 aliphatic carbocycles. The lowest BCUT2D eigenvalue weighted by Crippen LogP contribution is -2.56. The number of amides is 1. The Kier molecular flexibility index (Phi) is 4.45. The Hall–Kier alpha value is -1.10. The van der Waals surface area contributed by atoms with E-state index in [0.29, 0.717) is 17.1 Å². The van der Waals surface area contributed by atoms with E-state index in [0.717, 1.165) is 25.2 Å². The molecule has 1 aliphatic heterocycles. The Morgan fingerprint density at radius 1 is 1.47 bits per heavy atom. The van der Waals surface area contributed by atoms with Crippen LogP contribution in [0.3, 0.4) is 0 Å². The average Bonchev–Trinajstić information content (AvgIpc) is 2.41. The van der Waals surface area contributed by atoms with Crippen LogP contribution in [0.4, 0.5) is 0 Å². The number of nitrogens with zero attached hydrogens (tertiary/aromatic N) is 2. The summed E-state index contributed by atoms with van der Waals surface area (Å²) in [5.74, 6) is 0.0447. The number of aryl methyl sites for hydroxylation is 1. The minimum Gasteiger partial charge on any atom is -0.332 e. The van der Waals surface area contributed by atoms with E-state index >= 15 is 0 Å². The molecule has 1 fully saturated rings. The topological polar surface area (TPSA) is 49.6 Å². The molecule has 5 heteroatoms. The molecule has 2 rings (SSSR count). The van der Waals surface area contributed by atoms with Crippen LogP contribution in [0.2, 0.25) is 5.02 Å². The molecule has 2 N–H and O–H groups in total. The molecule has 1 aromatic rings. The first-order chi connectivity index (χ1) is 9.02. The SMILES string of the molecule is Cc1cc(C(=O)N2CCN(C)CC2CN)ccc1Cl. The molecule has 0 saturated carbocycles. The number of carbonyl (C=O) groups is 1. The number of benzene rings is 1. The van der Waals surface area contributed by atoms with Gasteiger partial charge in [-0.1, -0.05) is 11.6 Å². The van der Waals surface area contributed by atoms with Gasteiger partial charge in [-0.2, -0.15) is 0 Å². The van der Waals surface area contributed by atoms with Crippen LogP contribution in [0.15, 0.2) is 18.2 Å². The van der Waals surface area contributed by atoms with Gasteiger partial charge in [0, 0.05) is 36.8 Å². The number of halogens is 1. The van der Waals surface area contributed by atoms with Crippen molar-refractivity contribution in [2.75, 3.05) is 33.2 Å². The first-order valence-electron chi connectivity index (χ1n) is 6.48. The lowest BCUT2D eigenvalue weighted by Gasteiger charge is -2.39. The summed E-state index contributed by atoms with van der Waals surface area (Å²) >= 11 is 5.99. The number of piperazine rings is 1. The molecule has 1 amide bonds. The normalized spacial score (nSPS) is 20.6. The van der Waals surface area contributed by atoms with Crippen LogP contribution in [0.5, 0.6) is 0 Å². The molecule has 19 heavy (non-hydrogen) atoms. The molecule has 4 nitrogen and oxygen atoms in total. The summed E-state index contributed by atoms with van der Waals surface area (Å²) in [4.78, 5) is 16.6. The number of rotatable bonds is 2. The molecule has 0 aromatic heterocycles. The zero-order chi connectivity index (χ0) is 14.0. The highest BCUT2D eigenvalue weighted by Crippen LogP contribution is 2.19. The number of likely N-dealkylation sites (N-methyl/N-ethyl adjacent to an activating group) is 1. The van der Waals surface area contributed by atoms with Gasteiger partial charge in [0.05, 0.1) is 6.04 Å². The van der Waals surface area contributed by atoms with Crippen molar-refractivity contribution in [3.05, 3.63) is 34.3 Å². The number of carbonyl (C=O) groups excluding carboxylic acids is 1. The van der Waals surface area contributed by atoms with Crippen LogP contribution in [0.1, 0.15) is 15.9 Å². The second-order valence-electron chi connectivity index (χ2n) is 5.11. The molecule has 104 valence electrons. The van der Waals surface area contributed by atoms with Crippen molar-refractivity contribution in [1.82, 2.24) is 9.80 Å². The predicted octanol–water partition coefficient (Wildman–Crippen LogP) is 1.36. The van der Waals surface area contributed by atoms with Gasteiger partial charge in [0.25, 0.3) is 5.91 Å². The van der Waals surface area contributed by atoms with Crippen molar-refractivity contribution >= 4 is 17.5 Å². The molecule has 0 bridgehead atoms. The Balaban J connectivity index is 2.20. The van der Waals surface area contributed by atoms with Crippen LogP contribution in [0.25, 0.3) is 0 Å². The van der Waals surface area contributed by atoms with Gasteiger partial charge in [0.15, 0.2) is 0 Å². The maximum atomic E-state index is 12.5. The van der Waals surface area contributed by atoms with Crippen molar-refractivity contribution in [1.29, 1.82) is 0 Å². The molecule has 1 unspecified atom stereocenters. The average molecular weight is 282 g/mol.